The van der Waals surface area contributed by atoms with E-state index in [9.17, 15) is 14.4 Å². The van der Waals surface area contributed by atoms with Crippen LogP contribution >= 0.6 is 0 Å². The van der Waals surface area contributed by atoms with Gasteiger partial charge in [0.2, 0.25) is 0 Å². The van der Waals surface area contributed by atoms with E-state index in [0.29, 0.717) is 19.3 Å². The van der Waals surface area contributed by atoms with Crippen molar-refractivity contribution in [3.63, 3.8) is 0 Å². The van der Waals surface area contributed by atoms with Gasteiger partial charge >= 0.3 is 17.9 Å². The van der Waals surface area contributed by atoms with Crippen molar-refractivity contribution in [3.05, 3.63) is 134 Å². The largest absolute Gasteiger partial charge is 0.462 e. The van der Waals surface area contributed by atoms with Gasteiger partial charge in [0.1, 0.15) is 13.2 Å². The normalized spacial score (nSPS) is 13.0. The van der Waals surface area contributed by atoms with Crippen molar-refractivity contribution in [2.24, 2.45) is 0 Å². The van der Waals surface area contributed by atoms with Crippen molar-refractivity contribution in [1.82, 2.24) is 0 Å². The summed E-state index contributed by atoms with van der Waals surface area (Å²) in [6.45, 7) is 6.44. The summed E-state index contributed by atoms with van der Waals surface area (Å²) < 4.78 is 16.9. The second-order valence-electron chi connectivity index (χ2n) is 22.7. The third-order valence-electron chi connectivity index (χ3n) is 14.6. The van der Waals surface area contributed by atoms with Gasteiger partial charge in [-0.3, -0.25) is 14.4 Å². The molecule has 1 atom stereocenters. The van der Waals surface area contributed by atoms with E-state index in [1.807, 2.05) is 0 Å². The monoisotopic (exact) mass is 1150 g/mol. The van der Waals surface area contributed by atoms with Crippen LogP contribution in [0.2, 0.25) is 0 Å². The molecule has 472 valence electrons. The average molecular weight is 1150 g/mol. The van der Waals surface area contributed by atoms with E-state index in [4.69, 9.17) is 14.2 Å². The Morgan fingerprint density at radius 1 is 0.253 bits per heavy atom. The van der Waals surface area contributed by atoms with E-state index in [0.717, 1.165) is 161 Å². The van der Waals surface area contributed by atoms with E-state index in [1.54, 1.807) is 0 Å². The topological polar surface area (TPSA) is 78.9 Å². The lowest BCUT2D eigenvalue weighted by Crippen LogP contribution is -2.30. The molecule has 0 aliphatic heterocycles. The molecule has 0 heterocycles. The van der Waals surface area contributed by atoms with Crippen LogP contribution in [0.15, 0.2) is 134 Å². The van der Waals surface area contributed by atoms with Crippen molar-refractivity contribution in [2.45, 2.75) is 322 Å². The van der Waals surface area contributed by atoms with Crippen LogP contribution in [0.1, 0.15) is 316 Å². The van der Waals surface area contributed by atoms with Crippen LogP contribution < -0.4 is 0 Å². The smallest absolute Gasteiger partial charge is 0.306 e. The molecule has 0 spiro atoms. The highest BCUT2D eigenvalue weighted by atomic mass is 16.6. The maximum absolute atomic E-state index is 13.0. The molecule has 0 aliphatic rings. The Labute approximate surface area is 513 Å². The Morgan fingerprint density at radius 3 is 0.783 bits per heavy atom. The number of hydrogen-bond acceptors (Lipinski definition) is 6. The van der Waals surface area contributed by atoms with Gasteiger partial charge in [-0.1, -0.05) is 296 Å². The maximum Gasteiger partial charge on any atom is 0.306 e. The fourth-order valence-electron chi connectivity index (χ4n) is 9.43. The molecule has 6 nitrogen and oxygen atoms in total. The zero-order valence-electron chi connectivity index (χ0n) is 54.2. The molecule has 0 bridgehead atoms. The molecule has 0 aliphatic carbocycles. The van der Waals surface area contributed by atoms with E-state index in [1.165, 1.54) is 116 Å². The van der Waals surface area contributed by atoms with Crippen LogP contribution in [0.5, 0.6) is 0 Å². The van der Waals surface area contributed by atoms with Gasteiger partial charge in [-0.15, -0.1) is 0 Å². The highest BCUT2D eigenvalue weighted by Crippen LogP contribution is 2.16. The Hall–Kier alpha value is -4.45. The third kappa shape index (κ3) is 68.2. The van der Waals surface area contributed by atoms with Gasteiger partial charge in [0.25, 0.3) is 0 Å². The first-order valence-electron chi connectivity index (χ1n) is 34.7. The lowest BCUT2D eigenvalue weighted by Gasteiger charge is -2.18. The first-order chi connectivity index (χ1) is 41.0. The summed E-state index contributed by atoms with van der Waals surface area (Å²) in [5.41, 5.74) is 0. The molecule has 0 fully saturated rings. The van der Waals surface area contributed by atoms with E-state index >= 15 is 0 Å². The van der Waals surface area contributed by atoms with Gasteiger partial charge in [0.05, 0.1) is 0 Å². The third-order valence-corrected chi connectivity index (χ3v) is 14.6. The highest BCUT2D eigenvalue weighted by molar-refractivity contribution is 5.71. The Morgan fingerprint density at radius 2 is 0.494 bits per heavy atom. The first kappa shape index (κ1) is 78.5. The molecule has 0 saturated carbocycles. The van der Waals surface area contributed by atoms with Gasteiger partial charge < -0.3 is 14.2 Å². The molecule has 0 aromatic rings. The second kappa shape index (κ2) is 70.0. The van der Waals surface area contributed by atoms with Crippen LogP contribution in [0.4, 0.5) is 0 Å². The van der Waals surface area contributed by atoms with Crippen molar-refractivity contribution < 1.29 is 28.6 Å². The minimum Gasteiger partial charge on any atom is -0.462 e. The van der Waals surface area contributed by atoms with Crippen LogP contribution in [-0.2, 0) is 28.6 Å². The van der Waals surface area contributed by atoms with Crippen molar-refractivity contribution >= 4 is 17.9 Å². The summed E-state index contributed by atoms with van der Waals surface area (Å²) in [6.07, 6.45) is 99.0. The van der Waals surface area contributed by atoms with Crippen molar-refractivity contribution in [1.29, 1.82) is 0 Å². The quantitative estimate of drug-likeness (QED) is 0.0261. The number of rotatable bonds is 62. The molecule has 0 N–H and O–H groups in total. The number of unbranched alkanes of at least 4 members (excludes halogenated alkanes) is 29. The summed E-state index contributed by atoms with van der Waals surface area (Å²) >= 11 is 0. The molecule has 0 amide bonds. The minimum absolute atomic E-state index is 0.0943. The molecule has 1 unspecified atom stereocenters. The summed E-state index contributed by atoms with van der Waals surface area (Å²) in [7, 11) is 0. The SMILES string of the molecule is CC/C=C\C/C=C\C/C=C\C/C=C\C/C=C\C/C=C\C/C=C\CCCCCCCC(=O)OCC(COC(=O)CCCCCCC/C=C\C/C=C\CCC)OC(=O)CCCCCCCCCCCCCCC/C=C\C/C=C\CCCCCCC. The van der Waals surface area contributed by atoms with Crippen LogP contribution in [0.3, 0.4) is 0 Å². The van der Waals surface area contributed by atoms with Crippen LogP contribution in [-0.4, -0.2) is 37.2 Å². The second-order valence-corrected chi connectivity index (χ2v) is 22.7. The minimum atomic E-state index is -0.799. The van der Waals surface area contributed by atoms with E-state index < -0.39 is 6.10 Å². The molecular formula is C77H128O6. The molecular weight excluding hydrogens is 1020 g/mol. The Bertz CT molecular complexity index is 1750. The van der Waals surface area contributed by atoms with Crippen LogP contribution in [0, 0.1) is 0 Å². The standard InChI is InChI=1S/C77H128O6/c1-4-7-10-13-16-19-22-25-27-29-31-33-35-37-38-40-41-43-45-47-49-52-55-58-61-64-67-70-76(79)82-73-74(72-81-75(78)69-66-63-60-57-54-51-24-21-18-15-12-9-6-3)83-77(80)71-68-65-62-59-56-53-50-48-46-44-42-39-36-34-32-30-28-26-23-20-17-14-11-8-5-2/h7,10,12,15-16,19,21,23-27,30-33,37-38,41,43,47,49,74H,4-6,8-9,11,13-14,17-18,20,22,28-29,34-36,39-40,42,44-46,48,50-73H2,1-3H3/b10-7-,15-12-,19-16-,24-21-,26-23-,27-25-,32-30-,33-31-,38-37-,43-41-,49-47-. The molecule has 0 saturated heterocycles. The molecule has 6 heteroatoms. The predicted molar refractivity (Wildman–Crippen MR) is 362 cm³/mol. The van der Waals surface area contributed by atoms with Gasteiger partial charge in [-0.05, 0) is 135 Å². The van der Waals surface area contributed by atoms with Gasteiger partial charge in [-0.2, -0.15) is 0 Å². The van der Waals surface area contributed by atoms with Gasteiger partial charge in [0.15, 0.2) is 6.10 Å². The number of hydrogen-bond donors (Lipinski definition) is 0. The molecule has 0 aromatic heterocycles. The van der Waals surface area contributed by atoms with Crippen molar-refractivity contribution in [2.75, 3.05) is 13.2 Å². The summed E-state index contributed by atoms with van der Waals surface area (Å²) in [5.74, 6) is -0.921. The first-order valence-corrected chi connectivity index (χ1v) is 34.7. The lowest BCUT2D eigenvalue weighted by molar-refractivity contribution is -0.167. The zero-order valence-corrected chi connectivity index (χ0v) is 54.2. The van der Waals surface area contributed by atoms with Gasteiger partial charge in [-0.25, -0.2) is 0 Å². The summed E-state index contributed by atoms with van der Waals surface area (Å²) in [4.78, 5) is 38.4. The van der Waals surface area contributed by atoms with Crippen molar-refractivity contribution in [3.8, 4) is 0 Å². The fraction of sp³-hybridized carbons (Fsp3) is 0.675. The number of esters is 3. The Balaban J connectivity index is 4.36. The molecule has 0 aromatic carbocycles. The average Bonchev–Trinajstić information content (AvgIpc) is 3.49. The number of carbonyl (C=O) groups excluding carboxylic acids is 3. The number of allylic oxidation sites excluding steroid dienone is 22. The van der Waals surface area contributed by atoms with Gasteiger partial charge in [0, 0.05) is 19.3 Å². The Kier molecular flexibility index (Phi) is 66.3. The van der Waals surface area contributed by atoms with Crippen LogP contribution in [0.25, 0.3) is 0 Å². The highest BCUT2D eigenvalue weighted by Gasteiger charge is 2.19. The zero-order chi connectivity index (χ0) is 59.9. The lowest BCUT2D eigenvalue weighted by atomic mass is 10.0. The summed E-state index contributed by atoms with van der Waals surface area (Å²) in [5, 5.41) is 0. The van der Waals surface area contributed by atoms with E-state index in [2.05, 4.69) is 154 Å². The number of ether oxygens (including phenoxy) is 3. The summed E-state index contributed by atoms with van der Waals surface area (Å²) in [6, 6.07) is 0. The maximum atomic E-state index is 13.0. The number of carbonyl (C=O) groups is 3. The molecule has 0 rings (SSSR count). The van der Waals surface area contributed by atoms with E-state index in [-0.39, 0.29) is 31.1 Å². The molecule has 83 heavy (non-hydrogen) atoms. The molecule has 0 radical (unpaired) electrons. The predicted octanol–water partition coefficient (Wildman–Crippen LogP) is 24.1. The fourth-order valence-corrected chi connectivity index (χ4v) is 9.43.